The highest BCUT2D eigenvalue weighted by Gasteiger charge is 2.13. The van der Waals surface area contributed by atoms with Gasteiger partial charge in [-0.3, -0.25) is 4.79 Å². The van der Waals surface area contributed by atoms with E-state index < -0.39 is 0 Å². The minimum atomic E-state index is -0.290. The maximum absolute atomic E-state index is 13.7. The second-order valence-electron chi connectivity index (χ2n) is 4.21. The molecule has 0 saturated heterocycles. The van der Waals surface area contributed by atoms with E-state index in [0.29, 0.717) is 23.7 Å². The van der Waals surface area contributed by atoms with Crippen LogP contribution in [0.5, 0.6) is 0 Å². The molecule has 0 aliphatic rings. The zero-order valence-electron chi connectivity index (χ0n) is 11.3. The van der Waals surface area contributed by atoms with Crippen molar-refractivity contribution in [1.29, 1.82) is 0 Å². The average Bonchev–Trinajstić information content (AvgIpc) is 2.93. The molecule has 0 atom stereocenters. The van der Waals surface area contributed by atoms with E-state index in [1.165, 1.54) is 24.5 Å². The molecule has 106 valence electrons. The van der Waals surface area contributed by atoms with Crippen LogP contribution in [0.25, 0.3) is 0 Å². The summed E-state index contributed by atoms with van der Waals surface area (Å²) in [7, 11) is 3.13. The number of nitrogens with zero attached hydrogens (tertiary/aromatic N) is 2. The third-order valence-electron chi connectivity index (χ3n) is 2.85. The highest BCUT2D eigenvalue weighted by atomic mass is 32.1. The number of carbonyl (C=O) groups is 1. The number of anilines is 2. The van der Waals surface area contributed by atoms with E-state index in [-0.39, 0.29) is 11.8 Å². The topological polar surface area (TPSA) is 42.4 Å². The second-order valence-corrected chi connectivity index (χ2v) is 5.04. The molecule has 2 rings (SSSR count). The highest BCUT2D eigenvalue weighted by Crippen LogP contribution is 2.28. The van der Waals surface area contributed by atoms with Crippen molar-refractivity contribution in [3.8, 4) is 0 Å². The van der Waals surface area contributed by atoms with Crippen molar-refractivity contribution in [2.45, 2.75) is 12.8 Å². The Morgan fingerprint density at radius 3 is 2.90 bits per heavy atom. The van der Waals surface area contributed by atoms with E-state index in [0.717, 1.165) is 5.69 Å². The molecule has 0 N–H and O–H groups in total. The summed E-state index contributed by atoms with van der Waals surface area (Å²) in [4.78, 5) is 17.2. The minimum Gasteiger partial charge on any atom is -0.469 e. The number of benzene rings is 1. The number of methoxy groups -OCH3 is 1. The fourth-order valence-corrected chi connectivity index (χ4v) is 2.56. The first kappa shape index (κ1) is 14.5. The summed E-state index contributed by atoms with van der Waals surface area (Å²) < 4.78 is 18.3. The number of rotatable bonds is 5. The van der Waals surface area contributed by atoms with Gasteiger partial charge >= 0.3 is 5.97 Å². The fourth-order valence-electron chi connectivity index (χ4n) is 1.72. The zero-order valence-corrected chi connectivity index (χ0v) is 12.1. The first-order chi connectivity index (χ1) is 9.61. The number of ether oxygens (including phenoxy) is 1. The van der Waals surface area contributed by atoms with Crippen LogP contribution in [0.2, 0.25) is 0 Å². The number of aromatic nitrogens is 1. The Bertz CT molecular complexity index is 600. The van der Waals surface area contributed by atoms with Crippen LogP contribution >= 0.6 is 11.3 Å². The molecule has 0 fully saturated rings. The molecule has 2 aromatic rings. The van der Waals surface area contributed by atoms with E-state index >= 15 is 0 Å². The molecule has 0 aliphatic carbocycles. The van der Waals surface area contributed by atoms with Crippen LogP contribution in [0.4, 0.5) is 15.2 Å². The summed E-state index contributed by atoms with van der Waals surface area (Å²) in [6.45, 7) is 0. The number of thiazole rings is 1. The first-order valence-electron chi connectivity index (χ1n) is 6.11. The number of hydrogen-bond acceptors (Lipinski definition) is 5. The van der Waals surface area contributed by atoms with Crippen LogP contribution in [0.1, 0.15) is 12.1 Å². The van der Waals surface area contributed by atoms with E-state index in [1.807, 2.05) is 5.38 Å². The Morgan fingerprint density at radius 1 is 1.45 bits per heavy atom. The molecule has 4 nitrogen and oxygen atoms in total. The molecule has 0 radical (unpaired) electrons. The summed E-state index contributed by atoms with van der Waals surface area (Å²) in [5.74, 6) is -0.552. The number of esters is 1. The second kappa shape index (κ2) is 6.47. The quantitative estimate of drug-likeness (QED) is 0.794. The normalized spacial score (nSPS) is 10.3. The van der Waals surface area contributed by atoms with Crippen LogP contribution in [-0.2, 0) is 16.0 Å². The zero-order chi connectivity index (χ0) is 14.5. The van der Waals surface area contributed by atoms with Crippen molar-refractivity contribution in [3.63, 3.8) is 0 Å². The lowest BCUT2D eigenvalue weighted by Crippen LogP contribution is -2.11. The van der Waals surface area contributed by atoms with Crippen LogP contribution in [0, 0.1) is 5.82 Å². The Labute approximate surface area is 120 Å². The molecule has 20 heavy (non-hydrogen) atoms. The predicted octanol–water partition coefficient (Wildman–Crippen LogP) is 3.16. The Morgan fingerprint density at radius 2 is 2.20 bits per heavy atom. The largest absolute Gasteiger partial charge is 0.469 e. The summed E-state index contributed by atoms with van der Waals surface area (Å²) in [5, 5.41) is 2.56. The van der Waals surface area contributed by atoms with Crippen molar-refractivity contribution in [2.75, 3.05) is 19.1 Å². The molecule has 1 aromatic carbocycles. The van der Waals surface area contributed by atoms with E-state index in [1.54, 1.807) is 30.1 Å². The summed E-state index contributed by atoms with van der Waals surface area (Å²) in [5.41, 5.74) is 1.28. The predicted molar refractivity (Wildman–Crippen MR) is 76.9 cm³/mol. The van der Waals surface area contributed by atoms with Crippen LogP contribution in [0.3, 0.4) is 0 Å². The van der Waals surface area contributed by atoms with Gasteiger partial charge in [-0.2, -0.15) is 0 Å². The van der Waals surface area contributed by atoms with Gasteiger partial charge in [0.05, 0.1) is 24.9 Å². The lowest BCUT2D eigenvalue weighted by molar-refractivity contribution is -0.140. The van der Waals surface area contributed by atoms with Gasteiger partial charge in [-0.1, -0.05) is 12.1 Å². The smallest absolute Gasteiger partial charge is 0.305 e. The van der Waals surface area contributed by atoms with Crippen LogP contribution < -0.4 is 4.90 Å². The van der Waals surface area contributed by atoms with Gasteiger partial charge in [0.25, 0.3) is 0 Å². The number of carbonyl (C=O) groups excluding carboxylic acids is 1. The Hall–Kier alpha value is -1.95. The lowest BCUT2D eigenvalue weighted by Gasteiger charge is -2.16. The molecule has 0 saturated carbocycles. The number of aryl methyl sites for hydroxylation is 1. The molecule has 0 bridgehead atoms. The van der Waals surface area contributed by atoms with Gasteiger partial charge in [0, 0.05) is 18.8 Å². The monoisotopic (exact) mass is 294 g/mol. The van der Waals surface area contributed by atoms with Gasteiger partial charge in [0.15, 0.2) is 5.13 Å². The maximum Gasteiger partial charge on any atom is 0.305 e. The fraction of sp³-hybridized carbons (Fsp3) is 0.286. The van der Waals surface area contributed by atoms with Crippen LogP contribution in [0.15, 0.2) is 29.6 Å². The minimum absolute atomic E-state index is 0.262. The number of hydrogen-bond donors (Lipinski definition) is 0. The molecule has 0 aliphatic heterocycles. The molecular formula is C14H15FN2O2S. The maximum atomic E-state index is 13.7. The first-order valence-corrected chi connectivity index (χ1v) is 6.99. The van der Waals surface area contributed by atoms with Gasteiger partial charge < -0.3 is 9.64 Å². The summed E-state index contributed by atoms with van der Waals surface area (Å²) in [6.07, 6.45) is 0.817. The van der Waals surface area contributed by atoms with Crippen molar-refractivity contribution in [3.05, 3.63) is 41.2 Å². The van der Waals surface area contributed by atoms with Crippen molar-refractivity contribution < 1.29 is 13.9 Å². The Kier molecular flexibility index (Phi) is 4.68. The molecule has 1 aromatic heterocycles. The van der Waals surface area contributed by atoms with Crippen LogP contribution in [-0.4, -0.2) is 25.1 Å². The SMILES string of the molecule is COC(=O)CCc1csc(N(C)c2ccccc2F)n1. The van der Waals surface area contributed by atoms with Gasteiger partial charge in [-0.15, -0.1) is 11.3 Å². The standard InChI is InChI=1S/C14H15FN2O2S/c1-17(12-6-4-3-5-11(12)15)14-16-10(9-20-14)7-8-13(18)19-2/h3-6,9H,7-8H2,1-2H3. The lowest BCUT2D eigenvalue weighted by atomic mass is 10.2. The van der Waals surface area contributed by atoms with Crippen molar-refractivity contribution in [2.24, 2.45) is 0 Å². The van der Waals surface area contributed by atoms with Gasteiger partial charge in [-0.25, -0.2) is 9.37 Å². The molecule has 1 heterocycles. The van der Waals surface area contributed by atoms with E-state index in [9.17, 15) is 9.18 Å². The molecule has 0 amide bonds. The summed E-state index contributed by atoms with van der Waals surface area (Å²) in [6, 6.07) is 6.54. The highest BCUT2D eigenvalue weighted by molar-refractivity contribution is 7.13. The average molecular weight is 294 g/mol. The van der Waals surface area contributed by atoms with Gasteiger partial charge in [-0.05, 0) is 12.1 Å². The molecule has 0 spiro atoms. The molecule has 6 heteroatoms. The molecular weight excluding hydrogens is 279 g/mol. The number of halogens is 1. The van der Waals surface area contributed by atoms with E-state index in [2.05, 4.69) is 9.72 Å². The van der Waals surface area contributed by atoms with Crippen molar-refractivity contribution in [1.82, 2.24) is 4.98 Å². The van der Waals surface area contributed by atoms with Gasteiger partial charge in [0.1, 0.15) is 5.82 Å². The molecule has 0 unspecified atom stereocenters. The van der Waals surface area contributed by atoms with Gasteiger partial charge in [0.2, 0.25) is 0 Å². The number of para-hydroxylation sites is 1. The third kappa shape index (κ3) is 3.33. The summed E-state index contributed by atoms with van der Waals surface area (Å²) >= 11 is 1.42. The van der Waals surface area contributed by atoms with Crippen molar-refractivity contribution >= 4 is 28.1 Å². The Balaban J connectivity index is 2.08. The van der Waals surface area contributed by atoms with E-state index in [4.69, 9.17) is 0 Å². The third-order valence-corrected chi connectivity index (χ3v) is 3.82.